The summed E-state index contributed by atoms with van der Waals surface area (Å²) in [5, 5.41) is 0. The van der Waals surface area contributed by atoms with E-state index in [-0.39, 0.29) is 11.5 Å². The second-order valence-electron chi connectivity index (χ2n) is 2.70. The van der Waals surface area contributed by atoms with E-state index in [0.717, 1.165) is 0 Å². The van der Waals surface area contributed by atoms with Gasteiger partial charge in [-0.15, -0.1) is 0 Å². The highest BCUT2D eigenvalue weighted by molar-refractivity contribution is 7.90. The summed E-state index contributed by atoms with van der Waals surface area (Å²) in [5.41, 5.74) is 0. The third-order valence-corrected chi connectivity index (χ3v) is 2.32. The number of allylic oxidation sites excluding steroid dienone is 2. The van der Waals surface area contributed by atoms with Crippen LogP contribution < -0.4 is 0 Å². The van der Waals surface area contributed by atoms with Crippen molar-refractivity contribution < 1.29 is 13.2 Å². The highest BCUT2D eigenvalue weighted by Crippen LogP contribution is 1.96. The van der Waals surface area contributed by atoms with Gasteiger partial charge in [-0.1, -0.05) is 6.08 Å². The van der Waals surface area contributed by atoms with Crippen molar-refractivity contribution in [2.24, 2.45) is 0 Å². The maximum Gasteiger partial charge on any atom is 0.155 e. The first-order valence-corrected chi connectivity index (χ1v) is 5.85. The Kier molecular flexibility index (Phi) is 4.81. The number of rotatable bonds is 5. The number of ketones is 1. The van der Waals surface area contributed by atoms with Crippen molar-refractivity contribution in [3.63, 3.8) is 0 Å². The van der Waals surface area contributed by atoms with E-state index in [2.05, 4.69) is 0 Å². The Labute approximate surface area is 73.4 Å². The molecule has 0 radical (unpaired) electrons. The van der Waals surface area contributed by atoms with Gasteiger partial charge in [0.15, 0.2) is 5.78 Å². The summed E-state index contributed by atoms with van der Waals surface area (Å²) in [4.78, 5) is 10.8. The molecule has 12 heavy (non-hydrogen) atoms. The third-order valence-electron chi connectivity index (χ3n) is 1.29. The highest BCUT2D eigenvalue weighted by Gasteiger charge is 2.03. The van der Waals surface area contributed by atoms with E-state index < -0.39 is 9.84 Å². The molecule has 0 fully saturated rings. The van der Waals surface area contributed by atoms with Gasteiger partial charge in [-0.2, -0.15) is 0 Å². The lowest BCUT2D eigenvalue weighted by molar-refractivity contribution is -0.114. The van der Waals surface area contributed by atoms with Crippen LogP contribution in [0.25, 0.3) is 0 Å². The second kappa shape index (κ2) is 5.09. The molecule has 0 aliphatic rings. The fourth-order valence-corrected chi connectivity index (χ4v) is 1.45. The number of carbonyl (C=O) groups is 1. The molecule has 4 heteroatoms. The van der Waals surface area contributed by atoms with Crippen LogP contribution >= 0.6 is 0 Å². The molecular formula is C8H14O3S. The molecule has 0 aliphatic heterocycles. The van der Waals surface area contributed by atoms with Crippen molar-refractivity contribution in [3.8, 4) is 0 Å². The van der Waals surface area contributed by atoms with Gasteiger partial charge in [0.05, 0.1) is 5.75 Å². The van der Waals surface area contributed by atoms with E-state index in [0.29, 0.717) is 12.8 Å². The molecule has 3 nitrogen and oxygen atoms in total. The lowest BCUT2D eigenvalue weighted by Crippen LogP contribution is -2.04. The molecule has 70 valence electrons. The molecule has 0 saturated heterocycles. The predicted octanol–water partition coefficient (Wildman–Crippen LogP) is 0.956. The van der Waals surface area contributed by atoms with E-state index >= 15 is 0 Å². The molecule has 0 atom stereocenters. The van der Waals surface area contributed by atoms with Crippen molar-refractivity contribution in [3.05, 3.63) is 12.2 Å². The van der Waals surface area contributed by atoms with Gasteiger partial charge in [0.1, 0.15) is 9.84 Å². The number of carbonyl (C=O) groups excluding carboxylic acids is 1. The molecule has 0 amide bonds. The maximum absolute atomic E-state index is 10.8. The van der Waals surface area contributed by atoms with E-state index in [1.54, 1.807) is 13.0 Å². The zero-order valence-corrected chi connectivity index (χ0v) is 8.23. The van der Waals surface area contributed by atoms with Crippen LogP contribution in [0.2, 0.25) is 0 Å². The van der Waals surface area contributed by atoms with Gasteiger partial charge in [-0.3, -0.25) is 4.79 Å². The lowest BCUT2D eigenvalue weighted by atomic mass is 10.2. The van der Waals surface area contributed by atoms with Gasteiger partial charge >= 0.3 is 0 Å². The van der Waals surface area contributed by atoms with Crippen LogP contribution in [0, 0.1) is 0 Å². The van der Waals surface area contributed by atoms with Crippen LogP contribution in [0.5, 0.6) is 0 Å². The maximum atomic E-state index is 10.8. The zero-order valence-electron chi connectivity index (χ0n) is 7.41. The normalized spacial score (nSPS) is 12.2. The Hall–Kier alpha value is -0.640. The molecular weight excluding hydrogens is 176 g/mol. The fourth-order valence-electron chi connectivity index (χ4n) is 0.778. The first-order chi connectivity index (χ1) is 5.45. The first kappa shape index (κ1) is 11.4. The molecule has 0 N–H and O–H groups in total. The monoisotopic (exact) mass is 190 g/mol. The largest absolute Gasteiger partial charge is 0.295 e. The lowest BCUT2D eigenvalue weighted by Gasteiger charge is -1.94. The van der Waals surface area contributed by atoms with E-state index in [9.17, 15) is 13.2 Å². The summed E-state index contributed by atoms with van der Waals surface area (Å²) in [6.45, 7) is 1.76. The Morgan fingerprint density at radius 2 is 2.00 bits per heavy atom. The number of hydrogen-bond donors (Lipinski definition) is 0. The van der Waals surface area contributed by atoms with Crippen molar-refractivity contribution in [2.45, 2.75) is 19.8 Å². The van der Waals surface area contributed by atoms with Crippen LogP contribution in [0.15, 0.2) is 12.2 Å². The zero-order chi connectivity index (χ0) is 9.61. The molecule has 0 rings (SSSR count). The molecule has 0 aliphatic carbocycles. The number of hydrogen-bond acceptors (Lipinski definition) is 3. The van der Waals surface area contributed by atoms with E-state index in [1.807, 2.05) is 0 Å². The Balaban J connectivity index is 3.65. The van der Waals surface area contributed by atoms with Crippen molar-refractivity contribution in [1.82, 2.24) is 0 Å². The average Bonchev–Trinajstić information content (AvgIpc) is 1.84. The van der Waals surface area contributed by atoms with Crippen LogP contribution in [-0.4, -0.2) is 26.2 Å². The van der Waals surface area contributed by atoms with E-state index in [1.165, 1.54) is 12.3 Å². The Morgan fingerprint density at radius 3 is 2.42 bits per heavy atom. The second-order valence-corrected chi connectivity index (χ2v) is 4.96. The summed E-state index contributed by atoms with van der Waals surface area (Å²) in [6.07, 6.45) is 5.03. The Bertz CT molecular complexity index is 262. The Morgan fingerprint density at radius 1 is 1.42 bits per heavy atom. The first-order valence-electron chi connectivity index (χ1n) is 3.79. The van der Waals surface area contributed by atoms with Crippen LogP contribution in [0.1, 0.15) is 19.8 Å². The van der Waals surface area contributed by atoms with Crippen molar-refractivity contribution in [1.29, 1.82) is 0 Å². The van der Waals surface area contributed by atoms with Gasteiger partial charge in [-0.25, -0.2) is 8.42 Å². The topological polar surface area (TPSA) is 51.2 Å². The summed E-state index contributed by atoms with van der Waals surface area (Å²) >= 11 is 0. The van der Waals surface area contributed by atoms with Gasteiger partial charge in [0.2, 0.25) is 0 Å². The smallest absolute Gasteiger partial charge is 0.155 e. The molecule has 0 unspecified atom stereocenters. The summed E-state index contributed by atoms with van der Waals surface area (Å²) in [7, 11) is -2.91. The van der Waals surface area contributed by atoms with Crippen molar-refractivity contribution >= 4 is 15.6 Å². The van der Waals surface area contributed by atoms with Crippen molar-refractivity contribution in [2.75, 3.05) is 12.0 Å². The minimum Gasteiger partial charge on any atom is -0.295 e. The van der Waals surface area contributed by atoms with Gasteiger partial charge in [0.25, 0.3) is 0 Å². The molecule has 0 heterocycles. The molecule has 0 aromatic rings. The minimum absolute atomic E-state index is 0.0128. The average molecular weight is 190 g/mol. The van der Waals surface area contributed by atoms with Crippen LogP contribution in [0.4, 0.5) is 0 Å². The molecule has 0 aromatic heterocycles. The predicted molar refractivity (Wildman–Crippen MR) is 48.8 cm³/mol. The van der Waals surface area contributed by atoms with E-state index in [4.69, 9.17) is 0 Å². The molecule has 0 saturated carbocycles. The summed E-state index contributed by atoms with van der Waals surface area (Å²) < 4.78 is 21.3. The van der Waals surface area contributed by atoms with Crippen LogP contribution in [0.3, 0.4) is 0 Å². The quantitative estimate of drug-likeness (QED) is 0.607. The third kappa shape index (κ3) is 7.47. The molecule has 0 aromatic carbocycles. The van der Waals surface area contributed by atoms with Crippen LogP contribution in [-0.2, 0) is 14.6 Å². The van der Waals surface area contributed by atoms with Gasteiger partial charge < -0.3 is 0 Å². The van der Waals surface area contributed by atoms with Gasteiger partial charge in [-0.05, 0) is 19.4 Å². The summed E-state index contributed by atoms with van der Waals surface area (Å²) in [6, 6.07) is 0. The molecule has 0 bridgehead atoms. The minimum atomic E-state index is -2.91. The van der Waals surface area contributed by atoms with Gasteiger partial charge in [0, 0.05) is 12.7 Å². The highest BCUT2D eigenvalue weighted by atomic mass is 32.2. The summed E-state index contributed by atoms with van der Waals surface area (Å²) in [5.74, 6) is 0.0807. The standard InChI is InChI=1S/C8H14O3S/c1-3-5-8(9)6-4-7-12(2,10)11/h3,5H,4,6-7H2,1-2H3/b5-3+. The fraction of sp³-hybridized carbons (Fsp3) is 0.625. The SMILES string of the molecule is C/C=C/C(=O)CCCS(C)(=O)=O. The number of sulfone groups is 1. The molecule has 0 spiro atoms.